The molecule has 8 nitrogen and oxygen atoms in total. The summed E-state index contributed by atoms with van der Waals surface area (Å²) in [4.78, 5) is 28.6. The third-order valence-corrected chi connectivity index (χ3v) is 7.92. The molecule has 2 amide bonds. The maximum absolute atomic E-state index is 13.7. The molecule has 2 aliphatic rings. The van der Waals surface area contributed by atoms with Crippen LogP contribution in [0.1, 0.15) is 41.8 Å². The van der Waals surface area contributed by atoms with E-state index in [1.807, 2.05) is 30.9 Å². The molecular weight excluding hydrogens is 494 g/mol. The quantitative estimate of drug-likeness (QED) is 0.381. The maximum Gasteiger partial charge on any atom is 0.254 e. The summed E-state index contributed by atoms with van der Waals surface area (Å²) in [5.74, 6) is 1.77. The molecule has 2 atom stereocenters. The maximum atomic E-state index is 13.7. The van der Waals surface area contributed by atoms with Gasteiger partial charge in [0, 0.05) is 63.8 Å². The minimum absolute atomic E-state index is 0.00457. The average molecular weight is 538 g/mol. The molecule has 0 spiro atoms. The average Bonchev–Trinajstić information content (AvgIpc) is 3.59. The van der Waals surface area contributed by atoms with Crippen LogP contribution in [0.2, 0.25) is 0 Å². The fourth-order valence-corrected chi connectivity index (χ4v) is 5.61. The van der Waals surface area contributed by atoms with Gasteiger partial charge >= 0.3 is 0 Å². The molecule has 1 fully saturated rings. The third-order valence-electron chi connectivity index (χ3n) is 7.92. The van der Waals surface area contributed by atoms with E-state index in [4.69, 9.17) is 14.2 Å². The number of fused-ring (bicyclic) bond motifs is 1. The van der Waals surface area contributed by atoms with Crippen molar-refractivity contribution < 1.29 is 23.8 Å². The first-order chi connectivity index (χ1) is 18.9. The van der Waals surface area contributed by atoms with E-state index in [1.54, 1.807) is 32.4 Å². The molecule has 1 heterocycles. The van der Waals surface area contributed by atoms with Crippen molar-refractivity contribution >= 4 is 11.8 Å². The van der Waals surface area contributed by atoms with Crippen molar-refractivity contribution in [3.63, 3.8) is 0 Å². The Kier molecular flexibility index (Phi) is 10.2. The van der Waals surface area contributed by atoms with Crippen molar-refractivity contribution in [2.24, 2.45) is 17.8 Å². The van der Waals surface area contributed by atoms with Crippen LogP contribution in [-0.4, -0.2) is 76.4 Å². The minimum Gasteiger partial charge on any atom is -0.493 e. The van der Waals surface area contributed by atoms with Gasteiger partial charge < -0.3 is 29.7 Å². The smallest absolute Gasteiger partial charge is 0.254 e. The number of benzene rings is 2. The standard InChI is InChI=1S/C31H43N3O5/c1-21(2)34(31(36)24-10-11-28(38-4)29(16-24)39-13-7-12-37-3)20-27-18-32-17-26(27)19-33-30(35)25-14-22-8-5-6-9-23(22)15-25/h5-6,8-11,16,21,25-27,32H,7,12-15,17-20H2,1-4H3,(H,33,35)/t26-,27-/m0/s1. The number of hydrogen-bond donors (Lipinski definition) is 2. The Hall–Kier alpha value is -3.10. The van der Waals surface area contributed by atoms with Gasteiger partial charge in [-0.3, -0.25) is 9.59 Å². The molecule has 2 N–H and O–H groups in total. The minimum atomic E-state index is -0.0344. The lowest BCUT2D eigenvalue weighted by Crippen LogP contribution is -2.44. The van der Waals surface area contributed by atoms with Gasteiger partial charge in [-0.05, 0) is 67.9 Å². The number of ether oxygens (including phenoxy) is 3. The molecular formula is C31H43N3O5. The Bertz CT molecular complexity index is 1100. The van der Waals surface area contributed by atoms with Crippen LogP contribution in [0.5, 0.6) is 11.5 Å². The van der Waals surface area contributed by atoms with Crippen LogP contribution in [0.25, 0.3) is 0 Å². The van der Waals surface area contributed by atoms with Crippen molar-refractivity contribution in [2.45, 2.75) is 39.2 Å². The van der Waals surface area contributed by atoms with Crippen molar-refractivity contribution in [3.05, 3.63) is 59.2 Å². The zero-order valence-electron chi connectivity index (χ0n) is 23.7. The number of amides is 2. The fourth-order valence-electron chi connectivity index (χ4n) is 5.61. The van der Waals surface area contributed by atoms with Crippen molar-refractivity contribution in [2.75, 3.05) is 53.6 Å². The molecule has 2 aromatic carbocycles. The van der Waals surface area contributed by atoms with Crippen molar-refractivity contribution in [3.8, 4) is 11.5 Å². The second-order valence-corrected chi connectivity index (χ2v) is 10.9. The highest BCUT2D eigenvalue weighted by Crippen LogP contribution is 2.30. The molecule has 1 saturated heterocycles. The number of hydrogen-bond acceptors (Lipinski definition) is 6. The number of nitrogens with zero attached hydrogens (tertiary/aromatic N) is 1. The first-order valence-corrected chi connectivity index (χ1v) is 14.1. The molecule has 0 aromatic heterocycles. The normalized spacial score (nSPS) is 18.7. The third kappa shape index (κ3) is 7.31. The monoisotopic (exact) mass is 537 g/mol. The van der Waals surface area contributed by atoms with E-state index < -0.39 is 0 Å². The molecule has 2 aromatic rings. The fraction of sp³-hybridized carbons (Fsp3) is 0.548. The van der Waals surface area contributed by atoms with Gasteiger partial charge in [0.15, 0.2) is 11.5 Å². The van der Waals surface area contributed by atoms with Crippen molar-refractivity contribution in [1.82, 2.24) is 15.5 Å². The summed E-state index contributed by atoms with van der Waals surface area (Å²) in [5, 5.41) is 6.70. The van der Waals surface area contributed by atoms with Gasteiger partial charge in [-0.1, -0.05) is 24.3 Å². The molecule has 0 unspecified atom stereocenters. The molecule has 212 valence electrons. The van der Waals surface area contributed by atoms with Gasteiger partial charge in [-0.25, -0.2) is 0 Å². The van der Waals surface area contributed by atoms with Gasteiger partial charge in [0.25, 0.3) is 5.91 Å². The van der Waals surface area contributed by atoms with Crippen LogP contribution in [0.4, 0.5) is 0 Å². The van der Waals surface area contributed by atoms with Crippen molar-refractivity contribution in [1.29, 1.82) is 0 Å². The SMILES string of the molecule is COCCCOc1cc(C(=O)N(C[C@@H]2CNC[C@H]2CNC(=O)C2Cc3ccccc3C2)C(C)C)ccc1OC. The summed E-state index contributed by atoms with van der Waals surface area (Å²) in [6, 6.07) is 13.7. The molecule has 1 aliphatic heterocycles. The lowest BCUT2D eigenvalue weighted by atomic mass is 9.94. The Morgan fingerprint density at radius 2 is 1.72 bits per heavy atom. The van der Waals surface area contributed by atoms with E-state index in [-0.39, 0.29) is 35.6 Å². The summed E-state index contributed by atoms with van der Waals surface area (Å²) in [6.45, 7) is 8.05. The second-order valence-electron chi connectivity index (χ2n) is 10.9. The topological polar surface area (TPSA) is 89.1 Å². The van der Waals surface area contributed by atoms with Gasteiger partial charge in [-0.15, -0.1) is 0 Å². The van der Waals surface area contributed by atoms with E-state index in [1.165, 1.54) is 11.1 Å². The summed E-state index contributed by atoms with van der Waals surface area (Å²) in [7, 11) is 3.25. The molecule has 39 heavy (non-hydrogen) atoms. The Morgan fingerprint density at radius 1 is 1.00 bits per heavy atom. The predicted molar refractivity (Wildman–Crippen MR) is 151 cm³/mol. The van der Waals surface area contributed by atoms with E-state index in [9.17, 15) is 9.59 Å². The number of methoxy groups -OCH3 is 2. The van der Waals surface area contributed by atoms with Gasteiger partial charge in [-0.2, -0.15) is 0 Å². The Morgan fingerprint density at radius 3 is 2.38 bits per heavy atom. The van der Waals surface area contributed by atoms with E-state index in [0.29, 0.717) is 43.4 Å². The number of nitrogens with one attached hydrogen (secondary N) is 2. The van der Waals surface area contributed by atoms with Crippen LogP contribution < -0.4 is 20.1 Å². The van der Waals surface area contributed by atoms with Gasteiger partial charge in [0.2, 0.25) is 5.91 Å². The van der Waals surface area contributed by atoms with Gasteiger partial charge in [0.1, 0.15) is 0 Å². The van der Waals surface area contributed by atoms with Crippen LogP contribution in [0.15, 0.2) is 42.5 Å². The summed E-state index contributed by atoms with van der Waals surface area (Å²) < 4.78 is 16.4. The number of rotatable bonds is 13. The highest BCUT2D eigenvalue weighted by molar-refractivity contribution is 5.95. The highest BCUT2D eigenvalue weighted by Gasteiger charge is 2.33. The van der Waals surface area contributed by atoms with Crippen LogP contribution in [-0.2, 0) is 22.4 Å². The zero-order chi connectivity index (χ0) is 27.8. The Labute approximate surface area is 232 Å². The molecule has 0 bridgehead atoms. The first kappa shape index (κ1) is 28.9. The molecule has 8 heteroatoms. The van der Waals surface area contributed by atoms with Gasteiger partial charge in [0.05, 0.1) is 13.7 Å². The summed E-state index contributed by atoms with van der Waals surface area (Å²) in [5.41, 5.74) is 3.14. The van der Waals surface area contributed by atoms with Crippen LogP contribution in [0.3, 0.4) is 0 Å². The molecule has 0 saturated carbocycles. The molecule has 0 radical (unpaired) electrons. The van der Waals surface area contributed by atoms with E-state index in [0.717, 1.165) is 32.4 Å². The first-order valence-electron chi connectivity index (χ1n) is 14.1. The van der Waals surface area contributed by atoms with Crippen LogP contribution in [0, 0.1) is 17.8 Å². The number of carbonyl (C=O) groups excluding carboxylic acids is 2. The highest BCUT2D eigenvalue weighted by atomic mass is 16.5. The predicted octanol–water partition coefficient (Wildman–Crippen LogP) is 3.33. The van der Waals surface area contributed by atoms with E-state index in [2.05, 4.69) is 22.8 Å². The van der Waals surface area contributed by atoms with Crippen LogP contribution >= 0.6 is 0 Å². The Balaban J connectivity index is 1.36. The lowest BCUT2D eigenvalue weighted by Gasteiger charge is -2.32. The molecule has 4 rings (SSSR count). The molecule has 1 aliphatic carbocycles. The summed E-state index contributed by atoms with van der Waals surface area (Å²) in [6.07, 6.45) is 2.37. The summed E-state index contributed by atoms with van der Waals surface area (Å²) >= 11 is 0. The largest absolute Gasteiger partial charge is 0.493 e. The van der Waals surface area contributed by atoms with E-state index >= 15 is 0 Å². The number of carbonyl (C=O) groups is 2. The second kappa shape index (κ2) is 13.8. The zero-order valence-corrected chi connectivity index (χ0v) is 23.7. The lowest BCUT2D eigenvalue weighted by molar-refractivity contribution is -0.124.